The summed E-state index contributed by atoms with van der Waals surface area (Å²) >= 11 is 0. The van der Waals surface area contributed by atoms with Crippen LogP contribution < -0.4 is 15.4 Å². The minimum Gasteiger partial charge on any atom is -0.496 e. The fraction of sp³-hybridized carbons (Fsp3) is 0.429. The van der Waals surface area contributed by atoms with E-state index in [0.29, 0.717) is 12.5 Å². The van der Waals surface area contributed by atoms with E-state index in [1.807, 2.05) is 32.0 Å². The third-order valence-electron chi connectivity index (χ3n) is 3.03. The number of benzene rings is 1. The highest BCUT2D eigenvalue weighted by Gasteiger charge is 2.29. The maximum absolute atomic E-state index is 11.9. The molecule has 1 aliphatic rings. The van der Waals surface area contributed by atoms with Gasteiger partial charge in [-0.2, -0.15) is 0 Å². The van der Waals surface area contributed by atoms with Crippen LogP contribution in [0.4, 0.5) is 0 Å². The average molecular weight is 261 g/mol. The largest absolute Gasteiger partial charge is 0.496 e. The van der Waals surface area contributed by atoms with Crippen LogP contribution in [-0.2, 0) is 4.79 Å². The lowest BCUT2D eigenvalue weighted by Gasteiger charge is -2.11. The first-order chi connectivity index (χ1) is 9.15. The van der Waals surface area contributed by atoms with Crippen LogP contribution >= 0.6 is 0 Å². The summed E-state index contributed by atoms with van der Waals surface area (Å²) in [5, 5.41) is 5.86. The molecule has 5 heteroatoms. The van der Waals surface area contributed by atoms with Gasteiger partial charge in [0, 0.05) is 6.54 Å². The van der Waals surface area contributed by atoms with Crippen molar-refractivity contribution in [2.75, 3.05) is 13.7 Å². The van der Waals surface area contributed by atoms with Crippen molar-refractivity contribution < 1.29 is 9.53 Å². The normalized spacial score (nSPS) is 20.3. The predicted octanol–water partition coefficient (Wildman–Crippen LogP) is 1.53. The molecule has 0 bridgehead atoms. The van der Waals surface area contributed by atoms with Crippen molar-refractivity contribution in [2.45, 2.75) is 26.3 Å². The summed E-state index contributed by atoms with van der Waals surface area (Å²) < 4.78 is 5.22. The molecule has 0 radical (unpaired) electrons. The number of aryl methyl sites for hydroxylation is 1. The standard InChI is InChI=1S/C14H19N3O2/c1-4-7-15-14-16-12(13(18)17-14)10-5-6-11(19-3)9(2)8-10/h5-6,8,12H,4,7H2,1-3H3,(H2,15,16,17,18). The summed E-state index contributed by atoms with van der Waals surface area (Å²) in [7, 11) is 1.64. The van der Waals surface area contributed by atoms with Gasteiger partial charge in [-0.3, -0.25) is 15.1 Å². The van der Waals surface area contributed by atoms with E-state index in [-0.39, 0.29) is 11.9 Å². The van der Waals surface area contributed by atoms with Crippen molar-refractivity contribution in [3.8, 4) is 5.75 Å². The van der Waals surface area contributed by atoms with Gasteiger partial charge < -0.3 is 10.1 Å². The molecule has 0 aliphatic carbocycles. The molecule has 1 saturated heterocycles. The Morgan fingerprint density at radius 1 is 1.42 bits per heavy atom. The van der Waals surface area contributed by atoms with Crippen LogP contribution in [0.15, 0.2) is 23.2 Å². The zero-order valence-electron chi connectivity index (χ0n) is 11.5. The summed E-state index contributed by atoms with van der Waals surface area (Å²) in [6.07, 6.45) is 0.952. The van der Waals surface area contributed by atoms with Crippen molar-refractivity contribution in [3.63, 3.8) is 0 Å². The van der Waals surface area contributed by atoms with Gasteiger partial charge >= 0.3 is 0 Å². The minimum absolute atomic E-state index is 0.0700. The highest BCUT2D eigenvalue weighted by Crippen LogP contribution is 2.24. The molecule has 5 nitrogen and oxygen atoms in total. The molecule has 1 atom stereocenters. The number of carbonyl (C=O) groups is 1. The number of guanidine groups is 1. The highest BCUT2D eigenvalue weighted by atomic mass is 16.5. The van der Waals surface area contributed by atoms with Gasteiger partial charge in [0.05, 0.1) is 7.11 Å². The second-order valence-corrected chi connectivity index (χ2v) is 4.53. The molecule has 1 fully saturated rings. The number of nitrogens with zero attached hydrogens (tertiary/aromatic N) is 1. The Labute approximate surface area is 113 Å². The number of hydrogen-bond donors (Lipinski definition) is 2. The summed E-state index contributed by atoms with van der Waals surface area (Å²) in [5.41, 5.74) is 1.92. The van der Waals surface area contributed by atoms with Crippen LogP contribution in [0, 0.1) is 6.92 Å². The summed E-state index contributed by atoms with van der Waals surface area (Å²) in [6, 6.07) is 5.35. The van der Waals surface area contributed by atoms with Crippen molar-refractivity contribution >= 4 is 11.9 Å². The molecule has 0 aromatic heterocycles. The number of ether oxygens (including phenoxy) is 1. The second kappa shape index (κ2) is 5.73. The molecule has 1 heterocycles. The van der Waals surface area contributed by atoms with Gasteiger partial charge in [0.2, 0.25) is 0 Å². The lowest BCUT2D eigenvalue weighted by Crippen LogP contribution is -2.25. The first-order valence-electron chi connectivity index (χ1n) is 6.42. The van der Waals surface area contributed by atoms with E-state index >= 15 is 0 Å². The molecule has 2 rings (SSSR count). The molecular weight excluding hydrogens is 242 g/mol. The van der Waals surface area contributed by atoms with Crippen LogP contribution in [0.2, 0.25) is 0 Å². The number of rotatable bonds is 4. The molecule has 1 aromatic rings. The molecule has 2 N–H and O–H groups in total. The SMILES string of the molecule is CCCN=C1NC(=O)C(c2ccc(OC)c(C)c2)N1. The van der Waals surface area contributed by atoms with Crippen LogP contribution in [0.1, 0.15) is 30.5 Å². The lowest BCUT2D eigenvalue weighted by molar-refractivity contribution is -0.120. The van der Waals surface area contributed by atoms with E-state index in [1.54, 1.807) is 7.11 Å². The van der Waals surface area contributed by atoms with E-state index in [1.165, 1.54) is 0 Å². The average Bonchev–Trinajstić information content (AvgIpc) is 2.77. The van der Waals surface area contributed by atoms with Crippen molar-refractivity contribution in [3.05, 3.63) is 29.3 Å². The number of carbonyl (C=O) groups excluding carboxylic acids is 1. The Kier molecular flexibility index (Phi) is 4.04. The third-order valence-corrected chi connectivity index (χ3v) is 3.03. The highest BCUT2D eigenvalue weighted by molar-refractivity contribution is 6.06. The van der Waals surface area contributed by atoms with Gasteiger partial charge in [0.25, 0.3) is 5.91 Å². The molecular formula is C14H19N3O2. The Hall–Kier alpha value is -2.04. The Balaban J connectivity index is 2.18. The molecule has 1 amide bonds. The van der Waals surface area contributed by atoms with E-state index in [9.17, 15) is 4.79 Å². The Morgan fingerprint density at radius 3 is 2.84 bits per heavy atom. The van der Waals surface area contributed by atoms with Crippen LogP contribution in [-0.4, -0.2) is 25.5 Å². The molecule has 102 valence electrons. The van der Waals surface area contributed by atoms with E-state index in [2.05, 4.69) is 15.6 Å². The zero-order valence-corrected chi connectivity index (χ0v) is 11.5. The molecule has 0 spiro atoms. The molecule has 1 unspecified atom stereocenters. The second-order valence-electron chi connectivity index (χ2n) is 4.53. The van der Waals surface area contributed by atoms with Gasteiger partial charge in [0.1, 0.15) is 11.8 Å². The van der Waals surface area contributed by atoms with Gasteiger partial charge in [-0.25, -0.2) is 0 Å². The van der Waals surface area contributed by atoms with E-state index < -0.39 is 0 Å². The van der Waals surface area contributed by atoms with Crippen molar-refractivity contribution in [1.82, 2.24) is 10.6 Å². The first-order valence-corrected chi connectivity index (χ1v) is 6.42. The number of hydrogen-bond acceptors (Lipinski definition) is 3. The van der Waals surface area contributed by atoms with Crippen LogP contribution in [0.5, 0.6) is 5.75 Å². The van der Waals surface area contributed by atoms with Crippen LogP contribution in [0.3, 0.4) is 0 Å². The Bertz CT molecular complexity index is 511. The molecule has 0 saturated carbocycles. The maximum Gasteiger partial charge on any atom is 0.253 e. The number of methoxy groups -OCH3 is 1. The predicted molar refractivity (Wildman–Crippen MR) is 74.3 cm³/mol. The van der Waals surface area contributed by atoms with Crippen molar-refractivity contribution in [2.24, 2.45) is 4.99 Å². The van der Waals surface area contributed by atoms with E-state index in [4.69, 9.17) is 4.74 Å². The van der Waals surface area contributed by atoms with E-state index in [0.717, 1.165) is 23.3 Å². The minimum atomic E-state index is -0.375. The van der Waals surface area contributed by atoms with Gasteiger partial charge in [0.15, 0.2) is 5.96 Å². The number of nitrogens with one attached hydrogen (secondary N) is 2. The quantitative estimate of drug-likeness (QED) is 0.864. The monoisotopic (exact) mass is 261 g/mol. The number of aliphatic imine (C=N–C) groups is 1. The lowest BCUT2D eigenvalue weighted by atomic mass is 10.0. The fourth-order valence-corrected chi connectivity index (χ4v) is 2.05. The van der Waals surface area contributed by atoms with Gasteiger partial charge in [-0.1, -0.05) is 13.0 Å². The molecule has 1 aromatic carbocycles. The summed E-state index contributed by atoms with van der Waals surface area (Å²) in [5.74, 6) is 1.31. The Morgan fingerprint density at radius 2 is 2.21 bits per heavy atom. The fourth-order valence-electron chi connectivity index (χ4n) is 2.05. The maximum atomic E-state index is 11.9. The summed E-state index contributed by atoms with van der Waals surface area (Å²) in [4.78, 5) is 16.2. The smallest absolute Gasteiger partial charge is 0.253 e. The zero-order chi connectivity index (χ0) is 13.8. The third kappa shape index (κ3) is 2.86. The van der Waals surface area contributed by atoms with Crippen LogP contribution in [0.25, 0.3) is 0 Å². The van der Waals surface area contributed by atoms with Gasteiger partial charge in [-0.05, 0) is 36.6 Å². The summed E-state index contributed by atoms with van der Waals surface area (Å²) in [6.45, 7) is 4.71. The first kappa shape index (κ1) is 13.4. The number of amides is 1. The van der Waals surface area contributed by atoms with Gasteiger partial charge in [-0.15, -0.1) is 0 Å². The molecule has 19 heavy (non-hydrogen) atoms. The topological polar surface area (TPSA) is 62.7 Å². The molecule has 1 aliphatic heterocycles. The van der Waals surface area contributed by atoms with Crippen molar-refractivity contribution in [1.29, 1.82) is 0 Å².